The van der Waals surface area contributed by atoms with Gasteiger partial charge in [-0.25, -0.2) is 4.98 Å². The minimum absolute atomic E-state index is 0. The molecule has 1 aromatic rings. The summed E-state index contributed by atoms with van der Waals surface area (Å²) in [4.78, 5) is 3.78. The molecule has 0 spiro atoms. The number of ether oxygens (including phenoxy) is 1. The number of rotatable bonds is 2. The second-order valence-electron chi connectivity index (χ2n) is 1.98. The molecule has 0 unspecified atom stereocenters. The second-order valence-corrected chi connectivity index (χ2v) is 1.98. The molecule has 0 atom stereocenters. The highest BCUT2D eigenvalue weighted by Crippen LogP contribution is 1.99. The zero-order chi connectivity index (χ0) is 8.27. The Morgan fingerprint density at radius 1 is 1.50 bits per heavy atom. The standard InChI is InChI=1S/C6H8BNO3.H2O/c1-11-6-5(7(9)10)3-2-4-8-6;/h2-4,9-10H,1H3;1H2. The van der Waals surface area contributed by atoms with Gasteiger partial charge in [0, 0.05) is 11.7 Å². The van der Waals surface area contributed by atoms with Crippen molar-refractivity contribution in [3.8, 4) is 5.88 Å². The third-order valence-corrected chi connectivity index (χ3v) is 1.27. The van der Waals surface area contributed by atoms with Gasteiger partial charge >= 0.3 is 7.12 Å². The van der Waals surface area contributed by atoms with Crippen LogP contribution in [0.15, 0.2) is 18.3 Å². The van der Waals surface area contributed by atoms with Crippen LogP contribution in [0, 0.1) is 0 Å². The molecule has 66 valence electrons. The van der Waals surface area contributed by atoms with Crippen LogP contribution >= 0.6 is 0 Å². The van der Waals surface area contributed by atoms with Gasteiger partial charge in [-0.3, -0.25) is 0 Å². The first-order valence-electron chi connectivity index (χ1n) is 3.10. The average Bonchev–Trinajstić information content (AvgIpc) is 2.04. The van der Waals surface area contributed by atoms with E-state index in [1.54, 1.807) is 6.07 Å². The van der Waals surface area contributed by atoms with Crippen molar-refractivity contribution < 1.29 is 20.3 Å². The van der Waals surface area contributed by atoms with Gasteiger partial charge in [0.05, 0.1) is 7.11 Å². The Labute approximate surface area is 70.1 Å². The van der Waals surface area contributed by atoms with Gasteiger partial charge in [0.15, 0.2) is 0 Å². The molecule has 0 aliphatic rings. The molecule has 1 aromatic heterocycles. The van der Waals surface area contributed by atoms with Crippen molar-refractivity contribution >= 4 is 12.6 Å². The van der Waals surface area contributed by atoms with E-state index in [1.165, 1.54) is 19.4 Å². The topological polar surface area (TPSA) is 94.1 Å². The number of hydrogen-bond donors (Lipinski definition) is 2. The Kier molecular flexibility index (Phi) is 4.27. The Balaban J connectivity index is 0.00000121. The maximum Gasteiger partial charge on any atom is 0.493 e. The second kappa shape index (κ2) is 4.71. The van der Waals surface area contributed by atoms with Crippen LogP contribution in [-0.4, -0.2) is 34.7 Å². The molecule has 0 amide bonds. The van der Waals surface area contributed by atoms with Crippen molar-refractivity contribution in [3.63, 3.8) is 0 Å². The van der Waals surface area contributed by atoms with Crippen LogP contribution in [-0.2, 0) is 0 Å². The number of pyridine rings is 1. The molecule has 0 aliphatic carbocycles. The zero-order valence-corrected chi connectivity index (χ0v) is 6.56. The fraction of sp³-hybridized carbons (Fsp3) is 0.167. The van der Waals surface area contributed by atoms with Gasteiger partial charge < -0.3 is 20.3 Å². The minimum atomic E-state index is -1.53. The summed E-state index contributed by atoms with van der Waals surface area (Å²) in [6.07, 6.45) is 1.52. The van der Waals surface area contributed by atoms with E-state index >= 15 is 0 Å². The highest BCUT2D eigenvalue weighted by molar-refractivity contribution is 6.59. The lowest BCUT2D eigenvalue weighted by molar-refractivity contribution is 0.391. The molecular weight excluding hydrogens is 161 g/mol. The molecule has 0 saturated carbocycles. The van der Waals surface area contributed by atoms with Crippen molar-refractivity contribution in [1.82, 2.24) is 4.98 Å². The maximum absolute atomic E-state index is 8.77. The van der Waals surface area contributed by atoms with Crippen LogP contribution in [0.4, 0.5) is 0 Å². The summed E-state index contributed by atoms with van der Waals surface area (Å²) in [6.45, 7) is 0. The van der Waals surface area contributed by atoms with Crippen LogP contribution in [0.1, 0.15) is 0 Å². The maximum atomic E-state index is 8.77. The van der Waals surface area contributed by atoms with E-state index in [-0.39, 0.29) is 16.8 Å². The van der Waals surface area contributed by atoms with Gasteiger partial charge in [-0.2, -0.15) is 0 Å². The largest absolute Gasteiger partial charge is 0.493 e. The molecule has 0 aliphatic heterocycles. The van der Waals surface area contributed by atoms with Crippen LogP contribution in [0.25, 0.3) is 0 Å². The van der Waals surface area contributed by atoms with E-state index in [4.69, 9.17) is 14.8 Å². The number of methoxy groups -OCH3 is 1. The average molecular weight is 171 g/mol. The van der Waals surface area contributed by atoms with Gasteiger partial charge in [-0.15, -0.1) is 0 Å². The molecule has 5 nitrogen and oxygen atoms in total. The van der Waals surface area contributed by atoms with E-state index in [0.29, 0.717) is 0 Å². The molecule has 0 aromatic carbocycles. The van der Waals surface area contributed by atoms with Gasteiger partial charge in [0.2, 0.25) is 5.88 Å². The monoisotopic (exact) mass is 171 g/mol. The molecule has 1 heterocycles. The van der Waals surface area contributed by atoms with Gasteiger partial charge in [-0.05, 0) is 6.07 Å². The van der Waals surface area contributed by atoms with Crippen LogP contribution in [0.5, 0.6) is 5.88 Å². The first-order chi connectivity index (χ1) is 5.25. The molecule has 0 fully saturated rings. The van der Waals surface area contributed by atoms with E-state index in [0.717, 1.165) is 0 Å². The van der Waals surface area contributed by atoms with Crippen molar-refractivity contribution in [2.45, 2.75) is 0 Å². The summed E-state index contributed by atoms with van der Waals surface area (Å²) in [5.41, 5.74) is 0.273. The Morgan fingerprint density at radius 2 is 2.17 bits per heavy atom. The molecule has 0 saturated heterocycles. The lowest BCUT2D eigenvalue weighted by atomic mass is 9.81. The van der Waals surface area contributed by atoms with Crippen molar-refractivity contribution in [1.29, 1.82) is 0 Å². The Bertz CT molecular complexity index is 243. The first-order valence-corrected chi connectivity index (χ1v) is 3.10. The minimum Gasteiger partial charge on any atom is -0.481 e. The highest BCUT2D eigenvalue weighted by Gasteiger charge is 2.16. The molecule has 4 N–H and O–H groups in total. The number of hydrogen-bond acceptors (Lipinski definition) is 4. The van der Waals surface area contributed by atoms with Gasteiger partial charge in [0.1, 0.15) is 0 Å². The first kappa shape index (κ1) is 10.9. The molecule has 1 rings (SSSR count). The van der Waals surface area contributed by atoms with Crippen LogP contribution in [0.2, 0.25) is 0 Å². The number of nitrogens with zero attached hydrogens (tertiary/aromatic N) is 1. The quantitative estimate of drug-likeness (QED) is 0.500. The van der Waals surface area contributed by atoms with E-state index in [1.807, 2.05) is 0 Å². The molecule has 6 heteroatoms. The molecule has 0 radical (unpaired) electrons. The lowest BCUT2D eigenvalue weighted by Gasteiger charge is -2.03. The van der Waals surface area contributed by atoms with Crippen molar-refractivity contribution in [3.05, 3.63) is 18.3 Å². The van der Waals surface area contributed by atoms with Crippen molar-refractivity contribution in [2.75, 3.05) is 7.11 Å². The van der Waals surface area contributed by atoms with Gasteiger partial charge in [-0.1, -0.05) is 6.07 Å². The smallest absolute Gasteiger partial charge is 0.481 e. The van der Waals surface area contributed by atoms with Crippen LogP contribution < -0.4 is 10.2 Å². The molecule has 0 bridgehead atoms. The summed E-state index contributed by atoms with van der Waals surface area (Å²) in [7, 11) is -0.104. The number of aromatic nitrogens is 1. The lowest BCUT2D eigenvalue weighted by Crippen LogP contribution is -2.31. The third-order valence-electron chi connectivity index (χ3n) is 1.27. The van der Waals surface area contributed by atoms with E-state index in [9.17, 15) is 0 Å². The normalized spacial score (nSPS) is 8.58. The van der Waals surface area contributed by atoms with Crippen LogP contribution in [0.3, 0.4) is 0 Å². The Morgan fingerprint density at radius 3 is 2.58 bits per heavy atom. The summed E-state index contributed by atoms with van der Waals surface area (Å²) >= 11 is 0. The molecular formula is C6H10BNO4. The predicted molar refractivity (Wildman–Crippen MR) is 44.2 cm³/mol. The summed E-state index contributed by atoms with van der Waals surface area (Å²) < 4.78 is 4.78. The van der Waals surface area contributed by atoms with Crippen molar-refractivity contribution in [2.24, 2.45) is 0 Å². The van der Waals surface area contributed by atoms with Gasteiger partial charge in [0.25, 0.3) is 0 Å². The highest BCUT2D eigenvalue weighted by atomic mass is 16.5. The Hall–Kier alpha value is -1.11. The fourth-order valence-electron chi connectivity index (χ4n) is 0.770. The summed E-state index contributed by atoms with van der Waals surface area (Å²) in [5.74, 6) is 0.238. The van der Waals surface area contributed by atoms with E-state index < -0.39 is 7.12 Å². The summed E-state index contributed by atoms with van der Waals surface area (Å²) in [5, 5.41) is 17.5. The zero-order valence-electron chi connectivity index (χ0n) is 6.56. The third kappa shape index (κ3) is 2.19. The summed E-state index contributed by atoms with van der Waals surface area (Å²) in [6, 6.07) is 3.15. The fourth-order valence-corrected chi connectivity index (χ4v) is 0.770. The SMILES string of the molecule is COc1ncccc1B(O)O.O. The molecule has 12 heavy (non-hydrogen) atoms. The van der Waals surface area contributed by atoms with E-state index in [2.05, 4.69) is 4.98 Å². The predicted octanol–water partition coefficient (Wildman–Crippen LogP) is -2.05.